The van der Waals surface area contributed by atoms with Crippen LogP contribution < -0.4 is 5.48 Å². The van der Waals surface area contributed by atoms with Crippen molar-refractivity contribution in [2.45, 2.75) is 12.5 Å². The molecule has 1 aromatic carbocycles. The van der Waals surface area contributed by atoms with Gasteiger partial charge in [0.05, 0.1) is 7.11 Å². The lowest BCUT2D eigenvalue weighted by Gasteiger charge is -2.11. The minimum atomic E-state index is -0.706. The average Bonchev–Trinajstić information content (AvgIpc) is 2.26. The fraction of sp³-hybridized carbons (Fsp3) is 0.300. The van der Waals surface area contributed by atoms with Gasteiger partial charge >= 0.3 is 5.97 Å². The Hall–Kier alpha value is -1.10. The highest BCUT2D eigenvalue weighted by atomic mass is 35.5. The monoisotopic (exact) mass is 231 g/mol. The smallest absolute Gasteiger partial charge is 0.325 e. The van der Waals surface area contributed by atoms with E-state index in [1.54, 1.807) is 0 Å². The third kappa shape index (κ3) is 4.29. The number of carbonyl (C=O) groups excluding carboxylic acids is 1. The number of rotatable bonds is 4. The fourth-order valence-electron chi connectivity index (χ4n) is 1.17. The molecule has 4 nitrogen and oxygen atoms in total. The molecule has 84 valence electrons. The van der Waals surface area contributed by atoms with Crippen LogP contribution in [0.25, 0.3) is 0 Å². The molecule has 0 amide bonds. The van der Waals surface area contributed by atoms with E-state index < -0.39 is 12.0 Å². The predicted octanol–water partition coefficient (Wildman–Crippen LogP) is 1.17. The summed E-state index contributed by atoms with van der Waals surface area (Å²) >= 11 is 0. The quantitative estimate of drug-likeness (QED) is 0.603. The number of methoxy groups -OCH3 is 1. The van der Waals surface area contributed by atoms with Gasteiger partial charge in [0, 0.05) is 6.42 Å². The van der Waals surface area contributed by atoms with Gasteiger partial charge in [-0.15, -0.1) is 12.4 Å². The van der Waals surface area contributed by atoms with Gasteiger partial charge in [-0.05, 0) is 5.56 Å². The van der Waals surface area contributed by atoms with E-state index >= 15 is 0 Å². The highest BCUT2D eigenvalue weighted by Crippen LogP contribution is 2.03. The Balaban J connectivity index is 0.00000196. The zero-order valence-electron chi connectivity index (χ0n) is 8.34. The van der Waals surface area contributed by atoms with Crippen molar-refractivity contribution in [2.75, 3.05) is 7.11 Å². The lowest BCUT2D eigenvalue weighted by atomic mass is 10.1. The molecule has 0 aliphatic carbocycles. The second-order valence-corrected chi connectivity index (χ2v) is 2.89. The largest absolute Gasteiger partial charge is 0.468 e. The number of benzene rings is 1. The van der Waals surface area contributed by atoms with Crippen molar-refractivity contribution in [3.63, 3.8) is 0 Å². The zero-order chi connectivity index (χ0) is 10.4. The van der Waals surface area contributed by atoms with Crippen LogP contribution >= 0.6 is 12.4 Å². The molecule has 15 heavy (non-hydrogen) atoms. The van der Waals surface area contributed by atoms with Gasteiger partial charge in [-0.2, -0.15) is 5.48 Å². The Morgan fingerprint density at radius 1 is 1.47 bits per heavy atom. The number of hydroxylamine groups is 1. The van der Waals surface area contributed by atoms with Crippen molar-refractivity contribution in [1.82, 2.24) is 5.48 Å². The zero-order valence-corrected chi connectivity index (χ0v) is 9.16. The summed E-state index contributed by atoms with van der Waals surface area (Å²) in [5.74, 6) is -0.476. The summed E-state index contributed by atoms with van der Waals surface area (Å²) in [6, 6.07) is 8.70. The lowest BCUT2D eigenvalue weighted by molar-refractivity contribution is -0.145. The maximum Gasteiger partial charge on any atom is 0.325 e. The van der Waals surface area contributed by atoms with Crippen molar-refractivity contribution >= 4 is 18.4 Å². The SMILES string of the molecule is COC(=O)[C@H](Cc1ccccc1)NO.Cl. The van der Waals surface area contributed by atoms with Crippen LogP contribution in [-0.4, -0.2) is 24.3 Å². The molecule has 0 saturated carbocycles. The van der Waals surface area contributed by atoms with Crippen molar-refractivity contribution in [1.29, 1.82) is 0 Å². The van der Waals surface area contributed by atoms with E-state index in [2.05, 4.69) is 4.74 Å². The van der Waals surface area contributed by atoms with Gasteiger partial charge in [0.2, 0.25) is 0 Å². The maximum absolute atomic E-state index is 11.1. The number of halogens is 1. The van der Waals surface area contributed by atoms with Crippen LogP contribution in [0.2, 0.25) is 0 Å². The first-order valence-corrected chi connectivity index (χ1v) is 4.29. The topological polar surface area (TPSA) is 58.6 Å². The Morgan fingerprint density at radius 2 is 2.07 bits per heavy atom. The number of carbonyl (C=O) groups is 1. The third-order valence-corrected chi connectivity index (χ3v) is 1.92. The number of hydrogen-bond acceptors (Lipinski definition) is 4. The molecule has 0 radical (unpaired) electrons. The minimum Gasteiger partial charge on any atom is -0.468 e. The molecule has 1 atom stereocenters. The molecule has 1 rings (SSSR count). The Labute approximate surface area is 94.6 Å². The minimum absolute atomic E-state index is 0. The summed E-state index contributed by atoms with van der Waals surface area (Å²) in [5.41, 5.74) is 2.89. The fourth-order valence-corrected chi connectivity index (χ4v) is 1.17. The highest BCUT2D eigenvalue weighted by Gasteiger charge is 2.17. The second-order valence-electron chi connectivity index (χ2n) is 2.89. The molecule has 5 heteroatoms. The van der Waals surface area contributed by atoms with Gasteiger partial charge in [0.1, 0.15) is 6.04 Å². The van der Waals surface area contributed by atoms with Crippen LogP contribution in [0.4, 0.5) is 0 Å². The van der Waals surface area contributed by atoms with E-state index in [1.165, 1.54) is 7.11 Å². The molecular weight excluding hydrogens is 218 g/mol. The van der Waals surface area contributed by atoms with Crippen LogP contribution in [0.15, 0.2) is 30.3 Å². The van der Waals surface area contributed by atoms with Crippen LogP contribution in [0.1, 0.15) is 5.56 Å². The molecule has 0 saturated heterocycles. The Bertz CT molecular complexity index is 292. The summed E-state index contributed by atoms with van der Waals surface area (Å²) < 4.78 is 4.51. The van der Waals surface area contributed by atoms with Gasteiger partial charge in [0.25, 0.3) is 0 Å². The van der Waals surface area contributed by atoms with Gasteiger partial charge in [0.15, 0.2) is 0 Å². The highest BCUT2D eigenvalue weighted by molar-refractivity contribution is 5.85. The molecule has 2 N–H and O–H groups in total. The van der Waals surface area contributed by atoms with Crippen molar-refractivity contribution in [3.05, 3.63) is 35.9 Å². The van der Waals surface area contributed by atoms with Crippen molar-refractivity contribution in [3.8, 4) is 0 Å². The normalized spacial score (nSPS) is 11.3. The molecule has 0 spiro atoms. The molecule has 1 aromatic rings. The Kier molecular flexibility index (Phi) is 6.70. The second kappa shape index (κ2) is 7.23. The molecule has 0 fully saturated rings. The molecule has 0 heterocycles. The van der Waals surface area contributed by atoms with Gasteiger partial charge in [-0.1, -0.05) is 30.3 Å². The number of esters is 1. The van der Waals surface area contributed by atoms with Crippen LogP contribution in [0.3, 0.4) is 0 Å². The average molecular weight is 232 g/mol. The molecule has 0 unspecified atom stereocenters. The molecule has 0 aliphatic heterocycles. The van der Waals surface area contributed by atoms with E-state index in [1.807, 2.05) is 35.8 Å². The summed E-state index contributed by atoms with van der Waals surface area (Å²) in [6.07, 6.45) is 0.407. The van der Waals surface area contributed by atoms with Gasteiger partial charge in [-0.3, -0.25) is 4.79 Å². The molecule has 0 aliphatic rings. The molecule has 0 aromatic heterocycles. The first-order chi connectivity index (χ1) is 6.77. The Morgan fingerprint density at radius 3 is 2.53 bits per heavy atom. The summed E-state index contributed by atoms with van der Waals surface area (Å²) in [4.78, 5) is 11.1. The maximum atomic E-state index is 11.1. The standard InChI is InChI=1S/C10H13NO3.ClH/c1-14-10(12)9(11-13)7-8-5-3-2-4-6-8;/h2-6,9,11,13H,7H2,1H3;1H/t9-;/m0./s1. The molecular formula is C10H14ClNO3. The van der Waals surface area contributed by atoms with Crippen molar-refractivity contribution in [2.24, 2.45) is 0 Å². The third-order valence-electron chi connectivity index (χ3n) is 1.92. The van der Waals surface area contributed by atoms with Gasteiger partial charge in [-0.25, -0.2) is 0 Å². The first-order valence-electron chi connectivity index (χ1n) is 4.29. The van der Waals surface area contributed by atoms with Crippen LogP contribution in [0, 0.1) is 0 Å². The number of hydrogen-bond donors (Lipinski definition) is 2. The summed E-state index contributed by atoms with van der Waals surface area (Å²) in [6.45, 7) is 0. The molecule has 0 bridgehead atoms. The van der Waals surface area contributed by atoms with E-state index in [4.69, 9.17) is 5.21 Å². The predicted molar refractivity (Wildman–Crippen MR) is 58.1 cm³/mol. The lowest BCUT2D eigenvalue weighted by Crippen LogP contribution is -2.37. The number of nitrogens with one attached hydrogen (secondary N) is 1. The van der Waals surface area contributed by atoms with E-state index in [0.29, 0.717) is 6.42 Å². The van der Waals surface area contributed by atoms with E-state index in [9.17, 15) is 4.79 Å². The van der Waals surface area contributed by atoms with Crippen LogP contribution in [0.5, 0.6) is 0 Å². The van der Waals surface area contributed by atoms with Gasteiger partial charge < -0.3 is 9.94 Å². The first kappa shape index (κ1) is 13.9. The summed E-state index contributed by atoms with van der Waals surface area (Å²) in [7, 11) is 1.29. The van der Waals surface area contributed by atoms with Crippen LogP contribution in [-0.2, 0) is 16.0 Å². The van der Waals surface area contributed by atoms with E-state index in [0.717, 1.165) is 5.56 Å². The summed E-state index contributed by atoms with van der Waals surface area (Å²) in [5, 5.41) is 8.74. The van der Waals surface area contributed by atoms with Crippen molar-refractivity contribution < 1.29 is 14.7 Å². The number of ether oxygens (including phenoxy) is 1. The van der Waals surface area contributed by atoms with E-state index in [-0.39, 0.29) is 12.4 Å².